The second kappa shape index (κ2) is 8.32. The smallest absolute Gasteiger partial charge is 0.251 e. The van der Waals surface area contributed by atoms with Gasteiger partial charge in [0.05, 0.1) is 0 Å². The van der Waals surface area contributed by atoms with E-state index < -0.39 is 0 Å². The molecule has 1 aromatic rings. The molecule has 0 aromatic heterocycles. The fourth-order valence-electron chi connectivity index (χ4n) is 1.49. The van der Waals surface area contributed by atoms with Crippen molar-refractivity contribution in [2.75, 3.05) is 13.1 Å². The molecule has 0 saturated heterocycles. The number of hydrogen-bond donors (Lipinski definition) is 2. The van der Waals surface area contributed by atoms with Crippen LogP contribution >= 0.6 is 11.6 Å². The van der Waals surface area contributed by atoms with Crippen molar-refractivity contribution >= 4 is 29.2 Å². The normalized spacial score (nSPS) is 9.90. The summed E-state index contributed by atoms with van der Waals surface area (Å²) in [5, 5.41) is 5.79. The molecule has 2 amide bonds. The first kappa shape index (κ1) is 16.2. The molecule has 1 rings (SSSR count). The molecule has 0 aliphatic carbocycles. The average Bonchev–Trinajstić information content (AvgIpc) is 2.41. The molecule has 0 bridgehead atoms. The summed E-state index contributed by atoms with van der Waals surface area (Å²) in [5.74, 6) is -0.461. The van der Waals surface area contributed by atoms with Gasteiger partial charge in [0.2, 0.25) is 5.91 Å². The SMILES string of the molecule is CC(=O)CCC(=O)NCCNC(=O)c1cccc(Cl)c1. The van der Waals surface area contributed by atoms with E-state index in [0.717, 1.165) is 0 Å². The molecule has 6 heteroatoms. The van der Waals surface area contributed by atoms with Crippen molar-refractivity contribution in [2.45, 2.75) is 19.8 Å². The summed E-state index contributed by atoms with van der Waals surface area (Å²) in [5.41, 5.74) is 0.473. The van der Waals surface area contributed by atoms with Crippen LogP contribution in [-0.4, -0.2) is 30.7 Å². The first-order valence-electron chi connectivity index (χ1n) is 6.29. The van der Waals surface area contributed by atoms with Gasteiger partial charge in [0, 0.05) is 36.5 Å². The van der Waals surface area contributed by atoms with Gasteiger partial charge in [-0.1, -0.05) is 17.7 Å². The lowest BCUT2D eigenvalue weighted by molar-refractivity contribution is -0.124. The maximum atomic E-state index is 11.7. The lowest BCUT2D eigenvalue weighted by Gasteiger charge is -2.07. The number of hydrogen-bond acceptors (Lipinski definition) is 3. The standard InChI is InChI=1S/C14H17ClN2O3/c1-10(18)5-6-13(19)16-7-8-17-14(20)11-3-2-4-12(15)9-11/h2-4,9H,5-8H2,1H3,(H,16,19)(H,17,20). The topological polar surface area (TPSA) is 75.3 Å². The van der Waals surface area contributed by atoms with Crippen LogP contribution in [0.3, 0.4) is 0 Å². The molecule has 0 spiro atoms. The third-order valence-corrected chi connectivity index (χ3v) is 2.76. The third kappa shape index (κ3) is 6.33. The second-order valence-corrected chi connectivity index (χ2v) is 4.75. The highest BCUT2D eigenvalue weighted by Crippen LogP contribution is 2.10. The summed E-state index contributed by atoms with van der Waals surface area (Å²) >= 11 is 5.79. The molecule has 2 N–H and O–H groups in total. The molecule has 0 saturated carbocycles. The van der Waals surface area contributed by atoms with Crippen LogP contribution in [0.2, 0.25) is 5.02 Å². The van der Waals surface area contributed by atoms with Gasteiger partial charge < -0.3 is 15.4 Å². The van der Waals surface area contributed by atoms with Crippen LogP contribution in [0.25, 0.3) is 0 Å². The molecule has 20 heavy (non-hydrogen) atoms. The predicted molar refractivity (Wildman–Crippen MR) is 76.7 cm³/mol. The van der Waals surface area contributed by atoms with Gasteiger partial charge in [-0.3, -0.25) is 9.59 Å². The fourth-order valence-corrected chi connectivity index (χ4v) is 1.68. The maximum absolute atomic E-state index is 11.7. The third-order valence-electron chi connectivity index (χ3n) is 2.52. The first-order valence-corrected chi connectivity index (χ1v) is 6.66. The van der Waals surface area contributed by atoms with Gasteiger partial charge >= 0.3 is 0 Å². The van der Waals surface area contributed by atoms with E-state index >= 15 is 0 Å². The lowest BCUT2D eigenvalue weighted by Crippen LogP contribution is -2.34. The molecule has 0 heterocycles. The van der Waals surface area contributed by atoms with Gasteiger partial charge in [-0.15, -0.1) is 0 Å². The molecule has 0 atom stereocenters. The van der Waals surface area contributed by atoms with Crippen LogP contribution in [0, 0.1) is 0 Å². The van der Waals surface area contributed by atoms with Crippen LogP contribution in [0.5, 0.6) is 0 Å². The number of Topliss-reactive ketones (excluding diaryl/α,β-unsaturated/α-hetero) is 1. The Morgan fingerprint density at radius 3 is 2.45 bits per heavy atom. The van der Waals surface area contributed by atoms with E-state index in [1.165, 1.54) is 6.92 Å². The minimum atomic E-state index is -0.245. The maximum Gasteiger partial charge on any atom is 0.251 e. The minimum absolute atomic E-state index is 0.0191. The molecule has 0 unspecified atom stereocenters. The Labute approximate surface area is 122 Å². The molecular weight excluding hydrogens is 280 g/mol. The summed E-state index contributed by atoms with van der Waals surface area (Å²) in [4.78, 5) is 33.7. The Morgan fingerprint density at radius 1 is 1.10 bits per heavy atom. The summed E-state index contributed by atoms with van der Waals surface area (Å²) in [6.07, 6.45) is 0.415. The van der Waals surface area contributed by atoms with E-state index in [1.807, 2.05) is 0 Å². The van der Waals surface area contributed by atoms with E-state index in [0.29, 0.717) is 23.7 Å². The predicted octanol–water partition coefficient (Wildman–Crippen LogP) is 1.56. The highest BCUT2D eigenvalue weighted by Gasteiger charge is 2.06. The minimum Gasteiger partial charge on any atom is -0.354 e. The number of ketones is 1. The summed E-state index contributed by atoms with van der Waals surface area (Å²) < 4.78 is 0. The largest absolute Gasteiger partial charge is 0.354 e. The van der Waals surface area contributed by atoms with Gasteiger partial charge in [0.1, 0.15) is 5.78 Å². The highest BCUT2D eigenvalue weighted by atomic mass is 35.5. The highest BCUT2D eigenvalue weighted by molar-refractivity contribution is 6.30. The quantitative estimate of drug-likeness (QED) is 0.750. The zero-order chi connectivity index (χ0) is 15.0. The lowest BCUT2D eigenvalue weighted by atomic mass is 10.2. The van der Waals surface area contributed by atoms with Gasteiger partial charge in [0.25, 0.3) is 5.91 Å². The number of carbonyl (C=O) groups excluding carboxylic acids is 3. The number of halogens is 1. The average molecular weight is 297 g/mol. The fraction of sp³-hybridized carbons (Fsp3) is 0.357. The van der Waals surface area contributed by atoms with Gasteiger partial charge in [0.15, 0.2) is 0 Å². The summed E-state index contributed by atoms with van der Waals surface area (Å²) in [7, 11) is 0. The van der Waals surface area contributed by atoms with Crippen molar-refractivity contribution < 1.29 is 14.4 Å². The Hall–Kier alpha value is -1.88. The Balaban J connectivity index is 2.22. The Morgan fingerprint density at radius 2 is 1.80 bits per heavy atom. The van der Waals surface area contributed by atoms with Crippen LogP contribution in [-0.2, 0) is 9.59 Å². The zero-order valence-corrected chi connectivity index (χ0v) is 12.0. The van der Waals surface area contributed by atoms with Crippen molar-refractivity contribution in [3.63, 3.8) is 0 Å². The van der Waals surface area contributed by atoms with E-state index in [9.17, 15) is 14.4 Å². The number of carbonyl (C=O) groups is 3. The molecule has 0 aliphatic rings. The molecule has 108 valence electrons. The summed E-state index contributed by atoms with van der Waals surface area (Å²) in [6, 6.07) is 6.61. The van der Waals surface area contributed by atoms with Crippen molar-refractivity contribution in [1.29, 1.82) is 0 Å². The van der Waals surface area contributed by atoms with E-state index in [1.54, 1.807) is 24.3 Å². The molecule has 0 aliphatic heterocycles. The van der Waals surface area contributed by atoms with Gasteiger partial charge in [-0.05, 0) is 25.1 Å². The van der Waals surface area contributed by atoms with E-state index in [4.69, 9.17) is 11.6 Å². The zero-order valence-electron chi connectivity index (χ0n) is 11.2. The monoisotopic (exact) mass is 296 g/mol. The van der Waals surface area contributed by atoms with Crippen LogP contribution in [0.15, 0.2) is 24.3 Å². The van der Waals surface area contributed by atoms with Crippen LogP contribution in [0.4, 0.5) is 0 Å². The molecule has 1 aromatic carbocycles. The molecular formula is C14H17ClN2O3. The molecule has 0 radical (unpaired) electrons. The van der Waals surface area contributed by atoms with Gasteiger partial charge in [-0.2, -0.15) is 0 Å². The Kier molecular flexibility index (Phi) is 6.73. The van der Waals surface area contributed by atoms with E-state index in [-0.39, 0.29) is 30.4 Å². The molecule has 5 nitrogen and oxygen atoms in total. The molecule has 0 fully saturated rings. The van der Waals surface area contributed by atoms with Crippen molar-refractivity contribution in [2.24, 2.45) is 0 Å². The van der Waals surface area contributed by atoms with Crippen LogP contribution < -0.4 is 10.6 Å². The number of benzene rings is 1. The van der Waals surface area contributed by atoms with E-state index in [2.05, 4.69) is 10.6 Å². The van der Waals surface area contributed by atoms with Crippen LogP contribution in [0.1, 0.15) is 30.1 Å². The van der Waals surface area contributed by atoms with Crippen molar-refractivity contribution in [1.82, 2.24) is 10.6 Å². The van der Waals surface area contributed by atoms with Crippen molar-refractivity contribution in [3.8, 4) is 0 Å². The number of nitrogens with one attached hydrogen (secondary N) is 2. The number of amides is 2. The Bertz CT molecular complexity index is 503. The number of rotatable bonds is 7. The van der Waals surface area contributed by atoms with Crippen molar-refractivity contribution in [3.05, 3.63) is 34.9 Å². The van der Waals surface area contributed by atoms with Gasteiger partial charge in [-0.25, -0.2) is 0 Å². The summed E-state index contributed by atoms with van der Waals surface area (Å²) in [6.45, 7) is 2.08. The second-order valence-electron chi connectivity index (χ2n) is 4.32. The first-order chi connectivity index (χ1) is 9.49.